The second-order valence-corrected chi connectivity index (χ2v) is 5.93. The standard InChI is InChI=1S/C16H19N5/c1-10(17)16-12(9-15-13(19-16)6-8-20(15)2)14-5-7-18-21(14)11-3-4-11/h5-11H,3-4,17H2,1-2H3/t10-/m0/s1. The van der Waals surface area contributed by atoms with Gasteiger partial charge in [-0.1, -0.05) is 0 Å². The molecule has 1 aliphatic carbocycles. The molecule has 0 unspecified atom stereocenters. The Morgan fingerprint density at radius 3 is 2.86 bits per heavy atom. The highest BCUT2D eigenvalue weighted by Gasteiger charge is 2.28. The molecule has 0 saturated heterocycles. The first-order valence-corrected chi connectivity index (χ1v) is 7.40. The van der Waals surface area contributed by atoms with Crippen molar-refractivity contribution in [3.63, 3.8) is 0 Å². The third kappa shape index (κ3) is 1.96. The van der Waals surface area contributed by atoms with Crippen molar-refractivity contribution in [1.29, 1.82) is 0 Å². The van der Waals surface area contributed by atoms with Crippen molar-refractivity contribution in [3.8, 4) is 11.3 Å². The van der Waals surface area contributed by atoms with Gasteiger partial charge in [0.15, 0.2) is 0 Å². The van der Waals surface area contributed by atoms with Crippen LogP contribution in [0.4, 0.5) is 0 Å². The monoisotopic (exact) mass is 281 g/mol. The highest BCUT2D eigenvalue weighted by Crippen LogP contribution is 2.39. The van der Waals surface area contributed by atoms with Gasteiger partial charge in [-0.2, -0.15) is 5.10 Å². The fourth-order valence-electron chi connectivity index (χ4n) is 2.89. The van der Waals surface area contributed by atoms with E-state index in [1.54, 1.807) is 0 Å². The number of nitrogens with two attached hydrogens (primary N) is 1. The summed E-state index contributed by atoms with van der Waals surface area (Å²) in [4.78, 5) is 4.79. The maximum atomic E-state index is 6.16. The maximum Gasteiger partial charge on any atom is 0.0885 e. The van der Waals surface area contributed by atoms with Crippen molar-refractivity contribution in [2.24, 2.45) is 12.8 Å². The van der Waals surface area contributed by atoms with Crippen LogP contribution in [0.25, 0.3) is 22.3 Å². The first kappa shape index (κ1) is 12.6. The van der Waals surface area contributed by atoms with Crippen LogP contribution in [0.3, 0.4) is 0 Å². The second-order valence-electron chi connectivity index (χ2n) is 5.93. The van der Waals surface area contributed by atoms with Crippen molar-refractivity contribution in [2.75, 3.05) is 0 Å². The van der Waals surface area contributed by atoms with Crippen LogP contribution in [0.5, 0.6) is 0 Å². The van der Waals surface area contributed by atoms with Gasteiger partial charge in [0.2, 0.25) is 0 Å². The Morgan fingerprint density at radius 1 is 1.33 bits per heavy atom. The van der Waals surface area contributed by atoms with Gasteiger partial charge in [-0.15, -0.1) is 0 Å². The number of pyridine rings is 1. The Kier molecular flexibility index (Phi) is 2.65. The fraction of sp³-hybridized carbons (Fsp3) is 0.375. The molecular formula is C16H19N5. The van der Waals surface area contributed by atoms with Crippen molar-refractivity contribution < 1.29 is 0 Å². The second kappa shape index (κ2) is 4.43. The first-order valence-electron chi connectivity index (χ1n) is 7.40. The van der Waals surface area contributed by atoms with E-state index in [-0.39, 0.29) is 6.04 Å². The third-order valence-electron chi connectivity index (χ3n) is 4.17. The molecule has 0 aromatic carbocycles. The van der Waals surface area contributed by atoms with E-state index in [0.29, 0.717) is 6.04 Å². The molecule has 1 atom stereocenters. The summed E-state index contributed by atoms with van der Waals surface area (Å²) in [6.45, 7) is 1.98. The number of aromatic nitrogens is 4. The van der Waals surface area contributed by atoms with Gasteiger partial charge in [-0.3, -0.25) is 4.68 Å². The van der Waals surface area contributed by atoms with Gasteiger partial charge < -0.3 is 10.3 Å². The van der Waals surface area contributed by atoms with E-state index in [2.05, 4.69) is 26.5 Å². The number of nitrogens with zero attached hydrogens (tertiary/aromatic N) is 4. The van der Waals surface area contributed by atoms with Crippen LogP contribution in [0, 0.1) is 0 Å². The van der Waals surface area contributed by atoms with Gasteiger partial charge in [0.1, 0.15) is 0 Å². The minimum absolute atomic E-state index is 0.104. The molecule has 2 N–H and O–H groups in total. The van der Waals surface area contributed by atoms with E-state index in [9.17, 15) is 0 Å². The predicted molar refractivity (Wildman–Crippen MR) is 82.8 cm³/mol. The Bertz CT molecular complexity index is 807. The SMILES string of the molecule is C[C@H](N)c1nc2ccn(C)c2cc1-c1ccnn1C1CC1. The zero-order chi connectivity index (χ0) is 14.6. The Morgan fingerprint density at radius 2 is 2.14 bits per heavy atom. The molecule has 108 valence electrons. The largest absolute Gasteiger partial charge is 0.349 e. The Labute approximate surface area is 123 Å². The molecule has 3 aromatic heterocycles. The van der Waals surface area contributed by atoms with Crippen LogP contribution in [-0.2, 0) is 7.05 Å². The zero-order valence-electron chi connectivity index (χ0n) is 12.3. The van der Waals surface area contributed by atoms with Crippen molar-refractivity contribution in [1.82, 2.24) is 19.3 Å². The summed E-state index contributed by atoms with van der Waals surface area (Å²) in [6, 6.07) is 6.73. The predicted octanol–water partition coefficient (Wildman–Crippen LogP) is 2.79. The maximum absolute atomic E-state index is 6.16. The minimum atomic E-state index is -0.104. The smallest absolute Gasteiger partial charge is 0.0885 e. The topological polar surface area (TPSA) is 61.7 Å². The Balaban J connectivity index is 1.98. The molecule has 21 heavy (non-hydrogen) atoms. The molecule has 0 bridgehead atoms. The van der Waals surface area contributed by atoms with Gasteiger partial charge in [-0.05, 0) is 38.0 Å². The number of hydrogen-bond acceptors (Lipinski definition) is 3. The van der Waals surface area contributed by atoms with E-state index < -0.39 is 0 Å². The highest BCUT2D eigenvalue weighted by atomic mass is 15.3. The summed E-state index contributed by atoms with van der Waals surface area (Å²) in [5.74, 6) is 0. The summed E-state index contributed by atoms with van der Waals surface area (Å²) in [6.07, 6.45) is 6.32. The van der Waals surface area contributed by atoms with Crippen LogP contribution in [0.1, 0.15) is 37.5 Å². The molecule has 1 fully saturated rings. The molecule has 5 nitrogen and oxygen atoms in total. The summed E-state index contributed by atoms with van der Waals surface area (Å²) in [7, 11) is 2.04. The van der Waals surface area contributed by atoms with Crippen molar-refractivity contribution in [2.45, 2.75) is 31.8 Å². The normalized spacial score (nSPS) is 16.5. The third-order valence-corrected chi connectivity index (χ3v) is 4.17. The lowest BCUT2D eigenvalue weighted by molar-refractivity contribution is 0.647. The molecule has 0 radical (unpaired) electrons. The van der Waals surface area contributed by atoms with E-state index in [4.69, 9.17) is 10.7 Å². The van der Waals surface area contributed by atoms with E-state index >= 15 is 0 Å². The van der Waals surface area contributed by atoms with Gasteiger partial charge in [0, 0.05) is 31.0 Å². The lowest BCUT2D eigenvalue weighted by atomic mass is 10.0. The van der Waals surface area contributed by atoms with Crippen LogP contribution >= 0.6 is 0 Å². The molecule has 1 saturated carbocycles. The number of hydrogen-bond donors (Lipinski definition) is 1. The van der Waals surface area contributed by atoms with Crippen LogP contribution in [0.15, 0.2) is 30.6 Å². The summed E-state index contributed by atoms with van der Waals surface area (Å²) >= 11 is 0. The quantitative estimate of drug-likeness (QED) is 0.803. The van der Waals surface area contributed by atoms with Crippen LogP contribution in [0.2, 0.25) is 0 Å². The molecular weight excluding hydrogens is 262 g/mol. The molecule has 0 aliphatic heterocycles. The summed E-state index contributed by atoms with van der Waals surface area (Å²) in [5, 5.41) is 4.49. The molecule has 1 aliphatic rings. The van der Waals surface area contributed by atoms with Gasteiger partial charge in [-0.25, -0.2) is 4.98 Å². The van der Waals surface area contributed by atoms with Crippen molar-refractivity contribution in [3.05, 3.63) is 36.3 Å². The van der Waals surface area contributed by atoms with Gasteiger partial charge in [0.05, 0.1) is 28.5 Å². The van der Waals surface area contributed by atoms with E-state index in [1.165, 1.54) is 12.8 Å². The fourth-order valence-corrected chi connectivity index (χ4v) is 2.89. The molecule has 3 heterocycles. The van der Waals surface area contributed by atoms with Crippen LogP contribution < -0.4 is 5.73 Å². The average Bonchev–Trinajstić information content (AvgIpc) is 3.09. The lowest BCUT2D eigenvalue weighted by Crippen LogP contribution is -2.11. The molecule has 0 spiro atoms. The van der Waals surface area contributed by atoms with Crippen molar-refractivity contribution >= 4 is 11.0 Å². The lowest BCUT2D eigenvalue weighted by Gasteiger charge is -2.14. The van der Waals surface area contributed by atoms with Crippen LogP contribution in [-0.4, -0.2) is 19.3 Å². The molecule has 0 amide bonds. The molecule has 5 heteroatoms. The highest BCUT2D eigenvalue weighted by molar-refractivity contribution is 5.82. The average molecular weight is 281 g/mol. The molecule has 3 aromatic rings. The zero-order valence-corrected chi connectivity index (χ0v) is 12.3. The number of fused-ring (bicyclic) bond motifs is 1. The van der Waals surface area contributed by atoms with E-state index in [1.807, 2.05) is 32.4 Å². The summed E-state index contributed by atoms with van der Waals surface area (Å²) in [5.41, 5.74) is 11.4. The van der Waals surface area contributed by atoms with Gasteiger partial charge >= 0.3 is 0 Å². The van der Waals surface area contributed by atoms with E-state index in [0.717, 1.165) is 28.0 Å². The number of aryl methyl sites for hydroxylation is 1. The first-order chi connectivity index (χ1) is 10.1. The Hall–Kier alpha value is -2.14. The minimum Gasteiger partial charge on any atom is -0.349 e. The summed E-state index contributed by atoms with van der Waals surface area (Å²) < 4.78 is 4.21. The molecule has 4 rings (SSSR count). The van der Waals surface area contributed by atoms with Gasteiger partial charge in [0.25, 0.3) is 0 Å². The number of rotatable bonds is 3.